The van der Waals surface area contributed by atoms with Gasteiger partial charge < -0.3 is 0 Å². The van der Waals surface area contributed by atoms with Crippen LogP contribution in [-0.2, 0) is 6.54 Å². The summed E-state index contributed by atoms with van der Waals surface area (Å²) in [6.45, 7) is 0.653. The molecule has 0 atom stereocenters. The van der Waals surface area contributed by atoms with Crippen molar-refractivity contribution >= 4 is 34.2 Å². The molecule has 0 amide bonds. The first-order chi connectivity index (χ1) is 9.24. The van der Waals surface area contributed by atoms with Gasteiger partial charge in [0.1, 0.15) is 16.4 Å². The summed E-state index contributed by atoms with van der Waals surface area (Å²) in [5.41, 5.74) is 3.10. The Labute approximate surface area is 127 Å². The van der Waals surface area contributed by atoms with Crippen molar-refractivity contribution in [3.63, 3.8) is 0 Å². The van der Waals surface area contributed by atoms with Gasteiger partial charge in [-0.25, -0.2) is 14.6 Å². The molecule has 0 bridgehead atoms. The molecule has 0 unspecified atom stereocenters. The molecule has 0 saturated carbocycles. The molecular weight excluding hydrogens is 377 g/mol. The average Bonchev–Trinajstić information content (AvgIpc) is 2.96. The molecule has 0 N–H and O–H groups in total. The molecule has 0 saturated heterocycles. The quantitative estimate of drug-likeness (QED) is 0.439. The molecule has 2 aromatic heterocycles. The van der Waals surface area contributed by atoms with E-state index in [0.717, 1.165) is 26.5 Å². The average molecular weight is 384 g/mol. The highest BCUT2D eigenvalue weighted by atomic mass is 127. The van der Waals surface area contributed by atoms with Crippen molar-refractivity contribution in [2.24, 2.45) is 0 Å². The van der Waals surface area contributed by atoms with Crippen LogP contribution in [0.2, 0.25) is 5.02 Å². The third kappa shape index (κ3) is 1.63. The van der Waals surface area contributed by atoms with Crippen molar-refractivity contribution in [2.45, 2.75) is 6.54 Å². The van der Waals surface area contributed by atoms with E-state index in [9.17, 15) is 0 Å². The SMILES string of the molecule is Clc1ccc2c(c1)-c1ncnn1Cc1c(I)ncn1-2. The Morgan fingerprint density at radius 2 is 2.16 bits per heavy atom. The molecule has 4 rings (SSSR count). The Balaban J connectivity index is 2.13. The second-order valence-corrected chi connectivity index (χ2v) is 5.71. The molecule has 3 aromatic rings. The van der Waals surface area contributed by atoms with Gasteiger partial charge in [-0.1, -0.05) is 11.6 Å². The van der Waals surface area contributed by atoms with E-state index in [1.807, 2.05) is 29.2 Å². The van der Waals surface area contributed by atoms with E-state index in [0.29, 0.717) is 11.6 Å². The van der Waals surface area contributed by atoms with Crippen molar-refractivity contribution < 1.29 is 0 Å². The van der Waals surface area contributed by atoms with E-state index in [1.165, 1.54) is 0 Å². The molecule has 19 heavy (non-hydrogen) atoms. The van der Waals surface area contributed by atoms with Crippen molar-refractivity contribution in [2.75, 3.05) is 0 Å². The van der Waals surface area contributed by atoms with Gasteiger partial charge in [-0.15, -0.1) is 0 Å². The predicted molar refractivity (Wildman–Crippen MR) is 79.4 cm³/mol. The zero-order valence-corrected chi connectivity index (χ0v) is 12.5. The number of aromatic nitrogens is 5. The fourth-order valence-corrected chi connectivity index (χ4v) is 3.06. The third-order valence-electron chi connectivity index (χ3n) is 3.19. The largest absolute Gasteiger partial charge is 0.299 e. The first-order valence-corrected chi connectivity index (χ1v) is 7.09. The van der Waals surface area contributed by atoms with Gasteiger partial charge in [-0.2, -0.15) is 5.10 Å². The van der Waals surface area contributed by atoms with Gasteiger partial charge in [-0.05, 0) is 40.8 Å². The summed E-state index contributed by atoms with van der Waals surface area (Å²) in [5, 5.41) is 4.97. The summed E-state index contributed by atoms with van der Waals surface area (Å²) in [5.74, 6) is 0.831. The van der Waals surface area contributed by atoms with Crippen molar-refractivity contribution in [3.05, 3.63) is 45.3 Å². The van der Waals surface area contributed by atoms with Gasteiger partial charge in [0.25, 0.3) is 0 Å². The summed E-state index contributed by atoms with van der Waals surface area (Å²) in [7, 11) is 0. The summed E-state index contributed by atoms with van der Waals surface area (Å²) < 4.78 is 4.92. The minimum absolute atomic E-state index is 0.653. The fourth-order valence-electron chi connectivity index (χ4n) is 2.33. The minimum Gasteiger partial charge on any atom is -0.299 e. The van der Waals surface area contributed by atoms with Crippen LogP contribution in [-0.4, -0.2) is 24.3 Å². The van der Waals surface area contributed by atoms with Crippen molar-refractivity contribution in [1.29, 1.82) is 0 Å². The van der Waals surface area contributed by atoms with Crippen LogP contribution in [0.4, 0.5) is 0 Å². The number of halogens is 2. The maximum atomic E-state index is 6.11. The van der Waals surface area contributed by atoms with Crippen LogP contribution in [0.1, 0.15) is 5.69 Å². The number of imidazole rings is 1. The Morgan fingerprint density at radius 3 is 3.05 bits per heavy atom. The van der Waals surface area contributed by atoms with Gasteiger partial charge in [0.15, 0.2) is 5.82 Å². The molecule has 1 aliphatic rings. The standard InChI is InChI=1S/C12H7ClIN5/c13-7-1-2-9-8(3-7)12-15-5-17-19(12)4-10-11(14)16-6-18(9)10/h1-3,5-6H,4H2. The number of benzene rings is 1. The lowest BCUT2D eigenvalue weighted by Gasteiger charge is -2.08. The van der Waals surface area contributed by atoms with E-state index < -0.39 is 0 Å². The second-order valence-electron chi connectivity index (χ2n) is 4.25. The first-order valence-electron chi connectivity index (χ1n) is 5.64. The number of rotatable bonds is 0. The molecule has 3 heterocycles. The van der Waals surface area contributed by atoms with E-state index in [-0.39, 0.29) is 0 Å². The highest BCUT2D eigenvalue weighted by Crippen LogP contribution is 2.33. The lowest BCUT2D eigenvalue weighted by Crippen LogP contribution is -2.05. The maximum absolute atomic E-state index is 6.11. The summed E-state index contributed by atoms with van der Waals surface area (Å²) in [4.78, 5) is 8.72. The summed E-state index contributed by atoms with van der Waals surface area (Å²) in [6, 6.07) is 5.78. The molecule has 5 nitrogen and oxygen atoms in total. The van der Waals surface area contributed by atoms with Crippen LogP contribution in [0.15, 0.2) is 30.9 Å². The number of hydrogen-bond donors (Lipinski definition) is 0. The molecule has 1 aliphatic heterocycles. The van der Waals surface area contributed by atoms with Crippen LogP contribution >= 0.6 is 34.2 Å². The van der Waals surface area contributed by atoms with Crippen molar-refractivity contribution in [1.82, 2.24) is 24.3 Å². The van der Waals surface area contributed by atoms with Crippen molar-refractivity contribution in [3.8, 4) is 17.1 Å². The van der Waals surface area contributed by atoms with E-state index in [2.05, 4.69) is 42.2 Å². The van der Waals surface area contributed by atoms with Gasteiger partial charge >= 0.3 is 0 Å². The van der Waals surface area contributed by atoms with Gasteiger partial charge in [-0.3, -0.25) is 4.57 Å². The lowest BCUT2D eigenvalue weighted by molar-refractivity contribution is 0.674. The highest BCUT2D eigenvalue weighted by molar-refractivity contribution is 14.1. The zero-order chi connectivity index (χ0) is 13.0. The van der Waals surface area contributed by atoms with Gasteiger partial charge in [0.05, 0.1) is 17.9 Å². The lowest BCUT2D eigenvalue weighted by atomic mass is 10.1. The predicted octanol–water partition coefficient (Wildman–Crippen LogP) is 2.75. The Hall–Kier alpha value is -1.41. The number of nitrogens with zero attached hydrogens (tertiary/aromatic N) is 5. The van der Waals surface area contributed by atoms with Crippen LogP contribution in [0.5, 0.6) is 0 Å². The van der Waals surface area contributed by atoms with E-state index >= 15 is 0 Å². The van der Waals surface area contributed by atoms with Crippen LogP contribution < -0.4 is 0 Å². The minimum atomic E-state index is 0.653. The van der Waals surface area contributed by atoms with Crippen LogP contribution in [0.25, 0.3) is 17.1 Å². The first kappa shape index (κ1) is 11.4. The Bertz CT molecular complexity index is 791. The topological polar surface area (TPSA) is 48.5 Å². The monoisotopic (exact) mass is 383 g/mol. The molecule has 0 radical (unpaired) electrons. The van der Waals surface area contributed by atoms with Crippen LogP contribution in [0.3, 0.4) is 0 Å². The molecular formula is C12H7ClIN5. The molecule has 7 heteroatoms. The second kappa shape index (κ2) is 4.04. The fraction of sp³-hybridized carbons (Fsp3) is 0.0833. The van der Waals surface area contributed by atoms with E-state index in [4.69, 9.17) is 11.6 Å². The molecule has 94 valence electrons. The maximum Gasteiger partial charge on any atom is 0.160 e. The molecule has 0 aliphatic carbocycles. The zero-order valence-electron chi connectivity index (χ0n) is 9.59. The summed E-state index contributed by atoms with van der Waals surface area (Å²) >= 11 is 8.35. The molecule has 1 aromatic carbocycles. The summed E-state index contributed by atoms with van der Waals surface area (Å²) in [6.07, 6.45) is 3.40. The van der Waals surface area contributed by atoms with Crippen LogP contribution in [0, 0.1) is 3.70 Å². The van der Waals surface area contributed by atoms with Gasteiger partial charge in [0, 0.05) is 10.6 Å². The Kier molecular flexibility index (Phi) is 2.43. The molecule has 0 fully saturated rings. The highest BCUT2D eigenvalue weighted by Gasteiger charge is 2.22. The number of fused-ring (bicyclic) bond motifs is 5. The third-order valence-corrected chi connectivity index (χ3v) is 4.33. The number of hydrogen-bond acceptors (Lipinski definition) is 3. The Morgan fingerprint density at radius 1 is 1.26 bits per heavy atom. The smallest absolute Gasteiger partial charge is 0.160 e. The molecule has 0 spiro atoms. The van der Waals surface area contributed by atoms with E-state index in [1.54, 1.807) is 6.33 Å². The normalized spacial score (nSPS) is 12.5. The van der Waals surface area contributed by atoms with Gasteiger partial charge in [0.2, 0.25) is 0 Å².